The maximum absolute atomic E-state index is 10.5. The molecule has 0 spiro atoms. The topological polar surface area (TPSA) is 40.1 Å². The molecule has 4 heteroatoms. The molecular formula is CH2FO2S-. The lowest BCUT2D eigenvalue weighted by atomic mass is 11.8. The van der Waals surface area contributed by atoms with Crippen LogP contribution in [0.3, 0.4) is 0 Å². The van der Waals surface area contributed by atoms with Crippen LogP contribution in [-0.4, -0.2) is 14.8 Å². The van der Waals surface area contributed by atoms with Crippen LogP contribution < -0.4 is 0 Å². The van der Waals surface area contributed by atoms with Gasteiger partial charge in [-0.3, -0.25) is 4.21 Å². The Hall–Kier alpha value is 0.0400. The van der Waals surface area contributed by atoms with Crippen LogP contribution in [-0.2, 0) is 11.1 Å². The minimum absolute atomic E-state index is 1.28. The van der Waals surface area contributed by atoms with Gasteiger partial charge in [0.1, 0.15) is 0 Å². The SMILES string of the molecule is O=S([O-])CF. The van der Waals surface area contributed by atoms with Crippen molar-refractivity contribution < 1.29 is 13.2 Å². The minimum Gasteiger partial charge on any atom is -0.770 e. The van der Waals surface area contributed by atoms with Gasteiger partial charge in [-0.1, -0.05) is 0 Å². The van der Waals surface area contributed by atoms with Gasteiger partial charge in [0.25, 0.3) is 0 Å². The normalized spacial score (nSPS) is 14.8. The molecule has 0 aromatic rings. The lowest BCUT2D eigenvalue weighted by Gasteiger charge is -1.90. The van der Waals surface area contributed by atoms with Crippen molar-refractivity contribution in [2.45, 2.75) is 0 Å². The summed E-state index contributed by atoms with van der Waals surface area (Å²) in [6.07, 6.45) is 0. The summed E-state index contributed by atoms with van der Waals surface area (Å²) < 4.78 is 28.5. The predicted molar refractivity (Wildman–Crippen MR) is 14.9 cm³/mol. The van der Waals surface area contributed by atoms with Crippen molar-refractivity contribution in [3.05, 3.63) is 0 Å². The van der Waals surface area contributed by atoms with E-state index < -0.39 is 17.1 Å². The molecule has 32 valence electrons. The zero-order valence-corrected chi connectivity index (χ0v) is 3.13. The zero-order chi connectivity index (χ0) is 4.28. The molecule has 1 atom stereocenters. The van der Waals surface area contributed by atoms with Crippen LogP contribution in [0.1, 0.15) is 0 Å². The van der Waals surface area contributed by atoms with Crippen LogP contribution in [0.15, 0.2) is 0 Å². The molecule has 0 aliphatic heterocycles. The molecule has 0 aliphatic rings. The van der Waals surface area contributed by atoms with E-state index in [1.807, 2.05) is 0 Å². The van der Waals surface area contributed by atoms with Crippen LogP contribution in [0.25, 0.3) is 0 Å². The van der Waals surface area contributed by atoms with E-state index in [1.54, 1.807) is 0 Å². The third-order valence-electron chi connectivity index (χ3n) is 0.0891. The van der Waals surface area contributed by atoms with E-state index in [2.05, 4.69) is 0 Å². The van der Waals surface area contributed by atoms with E-state index in [9.17, 15) is 4.39 Å². The highest BCUT2D eigenvalue weighted by molar-refractivity contribution is 7.78. The molecule has 5 heavy (non-hydrogen) atoms. The zero-order valence-electron chi connectivity index (χ0n) is 2.31. The largest absolute Gasteiger partial charge is 0.770 e. The van der Waals surface area contributed by atoms with Gasteiger partial charge in [-0.25, -0.2) is 4.39 Å². The summed E-state index contributed by atoms with van der Waals surface area (Å²) in [6, 6.07) is -1.28. The van der Waals surface area contributed by atoms with Gasteiger partial charge in [0.2, 0.25) is 0 Å². The average Bonchev–Trinajstić information content (AvgIpc) is 1.38. The third-order valence-corrected chi connectivity index (χ3v) is 0.267. The minimum atomic E-state index is -2.49. The van der Waals surface area contributed by atoms with E-state index in [-0.39, 0.29) is 0 Å². The summed E-state index contributed by atoms with van der Waals surface area (Å²) in [5.74, 6) is 0. The molecule has 0 aromatic carbocycles. The van der Waals surface area contributed by atoms with Gasteiger partial charge < -0.3 is 4.55 Å². The fourth-order valence-corrected chi connectivity index (χ4v) is 0. The van der Waals surface area contributed by atoms with E-state index in [0.717, 1.165) is 0 Å². The molecule has 0 amide bonds. The van der Waals surface area contributed by atoms with Crippen molar-refractivity contribution >= 4 is 11.1 Å². The molecule has 1 unspecified atom stereocenters. The molecular weight excluding hydrogens is 95.1 g/mol. The molecule has 0 rings (SSSR count). The predicted octanol–water partition coefficient (Wildman–Crippen LogP) is -0.207. The standard InChI is InChI=1S/CH3FO2S/c2-1-5(3)4/h1H2,(H,3,4)/p-1. The van der Waals surface area contributed by atoms with Crippen molar-refractivity contribution in [1.82, 2.24) is 0 Å². The van der Waals surface area contributed by atoms with Gasteiger partial charge in [-0.15, -0.1) is 0 Å². The molecule has 0 saturated heterocycles. The molecule has 0 heterocycles. The maximum atomic E-state index is 10.5. The first-order chi connectivity index (χ1) is 2.27. The Morgan fingerprint density at radius 1 is 2.00 bits per heavy atom. The number of halogens is 1. The van der Waals surface area contributed by atoms with Crippen molar-refractivity contribution in [1.29, 1.82) is 0 Å². The lowest BCUT2D eigenvalue weighted by Crippen LogP contribution is -1.84. The lowest BCUT2D eigenvalue weighted by molar-refractivity contribution is 0.494. The number of hydrogen-bond acceptors (Lipinski definition) is 2. The molecule has 0 aliphatic carbocycles. The molecule has 0 saturated carbocycles. The summed E-state index contributed by atoms with van der Waals surface area (Å²) in [7, 11) is 0. The van der Waals surface area contributed by atoms with Crippen molar-refractivity contribution in [3.8, 4) is 0 Å². The van der Waals surface area contributed by atoms with E-state index in [1.165, 1.54) is 0 Å². The monoisotopic (exact) mass is 97.0 g/mol. The quantitative estimate of drug-likeness (QED) is 0.425. The number of rotatable bonds is 1. The van der Waals surface area contributed by atoms with Crippen LogP contribution in [0.2, 0.25) is 0 Å². The summed E-state index contributed by atoms with van der Waals surface area (Å²) in [5, 5.41) is 0. The van der Waals surface area contributed by atoms with E-state index in [4.69, 9.17) is 8.76 Å². The fraction of sp³-hybridized carbons (Fsp3) is 1.00. The molecule has 0 fully saturated rings. The van der Waals surface area contributed by atoms with Crippen molar-refractivity contribution in [3.63, 3.8) is 0 Å². The Kier molecular flexibility index (Phi) is 2.31. The highest BCUT2D eigenvalue weighted by Gasteiger charge is 1.66. The Morgan fingerprint density at radius 3 is 2.20 bits per heavy atom. The van der Waals surface area contributed by atoms with Crippen LogP contribution in [0, 0.1) is 0 Å². The maximum Gasteiger partial charge on any atom is 0.151 e. The summed E-state index contributed by atoms with van der Waals surface area (Å²) in [6.45, 7) is 0. The second-order valence-electron chi connectivity index (χ2n) is 0.413. The molecule has 2 nitrogen and oxygen atoms in total. The van der Waals surface area contributed by atoms with Gasteiger partial charge in [0.15, 0.2) is 6.01 Å². The first-order valence-corrected chi connectivity index (χ1v) is 2.13. The Bertz CT molecular complexity index is 44.9. The van der Waals surface area contributed by atoms with Crippen LogP contribution >= 0.6 is 0 Å². The number of alkyl halides is 1. The van der Waals surface area contributed by atoms with E-state index >= 15 is 0 Å². The number of hydrogen-bond donors (Lipinski definition) is 0. The molecule has 0 N–H and O–H groups in total. The smallest absolute Gasteiger partial charge is 0.151 e. The summed E-state index contributed by atoms with van der Waals surface area (Å²) in [4.78, 5) is 0. The van der Waals surface area contributed by atoms with Crippen LogP contribution in [0.4, 0.5) is 4.39 Å². The van der Waals surface area contributed by atoms with Gasteiger partial charge in [0.05, 0.1) is 0 Å². The second-order valence-corrected chi connectivity index (χ2v) is 1.24. The fourth-order valence-electron chi connectivity index (χ4n) is 0. The molecule has 0 aromatic heterocycles. The average molecular weight is 97.1 g/mol. The first kappa shape index (κ1) is 5.04. The summed E-state index contributed by atoms with van der Waals surface area (Å²) >= 11 is -2.49. The first-order valence-electron chi connectivity index (χ1n) is 0.889. The Labute approximate surface area is 31.3 Å². The highest BCUT2D eigenvalue weighted by atomic mass is 32.2. The van der Waals surface area contributed by atoms with Gasteiger partial charge in [0, 0.05) is 0 Å². The third kappa shape index (κ3) is 4.04. The Balaban J connectivity index is 2.85. The van der Waals surface area contributed by atoms with Crippen molar-refractivity contribution in [2.75, 3.05) is 6.01 Å². The van der Waals surface area contributed by atoms with Gasteiger partial charge in [-0.05, 0) is 11.1 Å². The van der Waals surface area contributed by atoms with E-state index in [0.29, 0.717) is 0 Å². The van der Waals surface area contributed by atoms with Crippen molar-refractivity contribution in [2.24, 2.45) is 0 Å². The molecule has 0 bridgehead atoms. The summed E-state index contributed by atoms with van der Waals surface area (Å²) in [5.41, 5.74) is 0. The van der Waals surface area contributed by atoms with Gasteiger partial charge in [-0.2, -0.15) is 0 Å². The second kappa shape index (κ2) is 2.29. The Morgan fingerprint density at radius 2 is 2.20 bits per heavy atom. The molecule has 0 radical (unpaired) electrons. The van der Waals surface area contributed by atoms with Crippen LogP contribution in [0.5, 0.6) is 0 Å². The highest BCUT2D eigenvalue weighted by Crippen LogP contribution is 1.67. The van der Waals surface area contributed by atoms with Gasteiger partial charge >= 0.3 is 0 Å².